The fraction of sp³-hybridized carbons (Fsp3) is 0.438. The number of aliphatic hydroxyl groups is 1. The Hall–Kier alpha value is -1.39. The van der Waals surface area contributed by atoms with Gasteiger partial charge in [-0.25, -0.2) is 0 Å². The molecule has 0 bridgehead atoms. The number of fused-ring (bicyclic) bond motifs is 1. The Morgan fingerprint density at radius 1 is 1.40 bits per heavy atom. The number of nitrogens with zero attached hydrogens (tertiary/aromatic N) is 1. The van der Waals surface area contributed by atoms with Gasteiger partial charge in [-0.3, -0.25) is 4.79 Å². The van der Waals surface area contributed by atoms with Crippen molar-refractivity contribution in [1.29, 1.82) is 0 Å². The molecule has 1 aromatic heterocycles. The van der Waals surface area contributed by atoms with Crippen LogP contribution in [0.25, 0.3) is 10.1 Å². The molecule has 20 heavy (non-hydrogen) atoms. The molecule has 3 nitrogen and oxygen atoms in total. The van der Waals surface area contributed by atoms with Gasteiger partial charge in [0, 0.05) is 34.7 Å². The maximum atomic E-state index is 12.8. The summed E-state index contributed by atoms with van der Waals surface area (Å²) in [5.74, 6) is 0.155. The van der Waals surface area contributed by atoms with Crippen molar-refractivity contribution in [2.45, 2.75) is 31.7 Å². The Labute approximate surface area is 122 Å². The molecule has 1 amide bonds. The summed E-state index contributed by atoms with van der Waals surface area (Å²) in [6.07, 6.45) is 3.82. The smallest absolute Gasteiger partial charge is 0.255 e. The van der Waals surface area contributed by atoms with Crippen molar-refractivity contribution in [2.24, 2.45) is 0 Å². The summed E-state index contributed by atoms with van der Waals surface area (Å²) in [6, 6.07) is 8.38. The Morgan fingerprint density at radius 2 is 2.25 bits per heavy atom. The fourth-order valence-corrected chi connectivity index (χ4v) is 3.96. The average Bonchev–Trinajstić information content (AvgIpc) is 3.11. The molecule has 0 radical (unpaired) electrons. The van der Waals surface area contributed by atoms with Gasteiger partial charge < -0.3 is 10.0 Å². The Kier molecular flexibility index (Phi) is 4.03. The average molecular weight is 289 g/mol. The van der Waals surface area contributed by atoms with E-state index >= 15 is 0 Å². The van der Waals surface area contributed by atoms with E-state index in [-0.39, 0.29) is 12.5 Å². The standard InChI is InChI=1S/C16H19NO2S/c18-10-4-6-12-5-3-9-17(12)16(19)14-11-20-15-8-2-1-7-13(14)15/h1-2,7-8,11-12,18H,3-6,9-10H2. The maximum Gasteiger partial charge on any atom is 0.255 e. The molecule has 0 spiro atoms. The number of benzene rings is 1. The van der Waals surface area contributed by atoms with Crippen LogP contribution in [-0.2, 0) is 0 Å². The first kappa shape index (κ1) is 13.6. The number of likely N-dealkylation sites (tertiary alicyclic amines) is 1. The molecular formula is C16H19NO2S. The third kappa shape index (κ3) is 2.45. The van der Waals surface area contributed by atoms with E-state index < -0.39 is 0 Å². The predicted molar refractivity (Wildman–Crippen MR) is 82.2 cm³/mol. The van der Waals surface area contributed by atoms with Gasteiger partial charge in [-0.1, -0.05) is 18.2 Å². The molecule has 4 heteroatoms. The van der Waals surface area contributed by atoms with E-state index in [1.165, 1.54) is 4.70 Å². The molecule has 0 saturated carbocycles. The van der Waals surface area contributed by atoms with Crippen LogP contribution in [0.4, 0.5) is 0 Å². The van der Waals surface area contributed by atoms with Crippen LogP contribution in [0.5, 0.6) is 0 Å². The minimum atomic E-state index is 0.155. The lowest BCUT2D eigenvalue weighted by Gasteiger charge is -2.24. The van der Waals surface area contributed by atoms with Crippen LogP contribution >= 0.6 is 11.3 Å². The van der Waals surface area contributed by atoms with Crippen molar-refractivity contribution in [3.8, 4) is 0 Å². The second-order valence-corrected chi connectivity index (χ2v) is 6.22. The highest BCUT2D eigenvalue weighted by Gasteiger charge is 2.29. The molecule has 1 aliphatic heterocycles. The number of aliphatic hydroxyl groups excluding tert-OH is 1. The number of carbonyl (C=O) groups excluding carboxylic acids is 1. The zero-order valence-corrected chi connectivity index (χ0v) is 12.2. The molecule has 106 valence electrons. The van der Waals surface area contributed by atoms with Crippen LogP contribution < -0.4 is 0 Å². The molecule has 3 rings (SSSR count). The first-order valence-electron chi connectivity index (χ1n) is 7.19. The van der Waals surface area contributed by atoms with E-state index in [0.717, 1.165) is 43.2 Å². The van der Waals surface area contributed by atoms with Gasteiger partial charge in [0.15, 0.2) is 0 Å². The van der Waals surface area contributed by atoms with Crippen molar-refractivity contribution >= 4 is 27.3 Å². The normalized spacial score (nSPS) is 18.9. The minimum absolute atomic E-state index is 0.155. The van der Waals surface area contributed by atoms with Gasteiger partial charge in [0.05, 0.1) is 5.56 Å². The van der Waals surface area contributed by atoms with E-state index in [4.69, 9.17) is 5.11 Å². The summed E-state index contributed by atoms with van der Waals surface area (Å²) in [5, 5.41) is 12.0. The third-order valence-electron chi connectivity index (χ3n) is 4.04. The van der Waals surface area contributed by atoms with E-state index in [0.29, 0.717) is 6.04 Å². The number of carbonyl (C=O) groups is 1. The molecule has 1 aliphatic rings. The van der Waals surface area contributed by atoms with Gasteiger partial charge >= 0.3 is 0 Å². The highest BCUT2D eigenvalue weighted by atomic mass is 32.1. The second kappa shape index (κ2) is 5.94. The molecule has 1 aromatic carbocycles. The van der Waals surface area contributed by atoms with Gasteiger partial charge in [-0.15, -0.1) is 11.3 Å². The Bertz CT molecular complexity index is 607. The number of rotatable bonds is 4. The first-order valence-corrected chi connectivity index (χ1v) is 8.07. The summed E-state index contributed by atoms with van der Waals surface area (Å²) in [6.45, 7) is 1.05. The first-order chi connectivity index (χ1) is 9.81. The molecule has 1 N–H and O–H groups in total. The number of hydrogen-bond acceptors (Lipinski definition) is 3. The van der Waals surface area contributed by atoms with Crippen LogP contribution in [-0.4, -0.2) is 35.1 Å². The molecule has 0 aliphatic carbocycles. The lowest BCUT2D eigenvalue weighted by molar-refractivity contribution is 0.0727. The molecule has 1 atom stereocenters. The topological polar surface area (TPSA) is 40.5 Å². The highest BCUT2D eigenvalue weighted by molar-refractivity contribution is 7.17. The SMILES string of the molecule is O=C(c1csc2ccccc12)N1CCCC1CCCO. The molecule has 2 heterocycles. The lowest BCUT2D eigenvalue weighted by atomic mass is 10.1. The molecule has 1 fully saturated rings. The quantitative estimate of drug-likeness (QED) is 0.938. The fourth-order valence-electron chi connectivity index (χ4n) is 3.03. The summed E-state index contributed by atoms with van der Waals surface area (Å²) < 4.78 is 1.17. The summed E-state index contributed by atoms with van der Waals surface area (Å²) in [7, 11) is 0. The van der Waals surface area contributed by atoms with Gasteiger partial charge in [-0.05, 0) is 31.7 Å². The second-order valence-electron chi connectivity index (χ2n) is 5.31. The summed E-state index contributed by atoms with van der Waals surface area (Å²) >= 11 is 1.63. The van der Waals surface area contributed by atoms with Crippen molar-refractivity contribution < 1.29 is 9.90 Å². The minimum Gasteiger partial charge on any atom is -0.396 e. The van der Waals surface area contributed by atoms with Crippen molar-refractivity contribution in [3.63, 3.8) is 0 Å². The summed E-state index contributed by atoms with van der Waals surface area (Å²) in [5.41, 5.74) is 0.835. The lowest BCUT2D eigenvalue weighted by Crippen LogP contribution is -2.35. The monoisotopic (exact) mass is 289 g/mol. The highest BCUT2D eigenvalue weighted by Crippen LogP contribution is 2.30. The largest absolute Gasteiger partial charge is 0.396 e. The van der Waals surface area contributed by atoms with Crippen LogP contribution in [0.1, 0.15) is 36.0 Å². The third-order valence-corrected chi connectivity index (χ3v) is 5.01. The molecular weight excluding hydrogens is 270 g/mol. The van der Waals surface area contributed by atoms with Crippen LogP contribution in [0.2, 0.25) is 0 Å². The van der Waals surface area contributed by atoms with Crippen LogP contribution in [0, 0.1) is 0 Å². The van der Waals surface area contributed by atoms with Crippen molar-refractivity contribution in [3.05, 3.63) is 35.2 Å². The maximum absolute atomic E-state index is 12.8. The number of amides is 1. The van der Waals surface area contributed by atoms with E-state index in [1.54, 1.807) is 11.3 Å². The molecule has 2 aromatic rings. The van der Waals surface area contributed by atoms with E-state index in [1.807, 2.05) is 28.5 Å². The van der Waals surface area contributed by atoms with Crippen molar-refractivity contribution in [2.75, 3.05) is 13.2 Å². The van der Waals surface area contributed by atoms with Gasteiger partial charge in [0.2, 0.25) is 0 Å². The van der Waals surface area contributed by atoms with Gasteiger partial charge in [0.25, 0.3) is 5.91 Å². The molecule has 1 saturated heterocycles. The zero-order chi connectivity index (χ0) is 13.9. The summed E-state index contributed by atoms with van der Waals surface area (Å²) in [4.78, 5) is 14.8. The van der Waals surface area contributed by atoms with Gasteiger partial charge in [-0.2, -0.15) is 0 Å². The van der Waals surface area contributed by atoms with Crippen LogP contribution in [0.3, 0.4) is 0 Å². The Morgan fingerprint density at radius 3 is 3.10 bits per heavy atom. The zero-order valence-electron chi connectivity index (χ0n) is 11.4. The number of hydrogen-bond donors (Lipinski definition) is 1. The van der Waals surface area contributed by atoms with Crippen molar-refractivity contribution in [1.82, 2.24) is 4.90 Å². The Balaban J connectivity index is 1.84. The van der Waals surface area contributed by atoms with Crippen LogP contribution in [0.15, 0.2) is 29.6 Å². The molecule has 1 unspecified atom stereocenters. The van der Waals surface area contributed by atoms with E-state index in [9.17, 15) is 4.79 Å². The van der Waals surface area contributed by atoms with Gasteiger partial charge in [0.1, 0.15) is 0 Å². The number of thiophene rings is 1. The predicted octanol–water partition coefficient (Wildman–Crippen LogP) is 3.28. The van der Waals surface area contributed by atoms with E-state index in [2.05, 4.69) is 6.07 Å².